The Morgan fingerprint density at radius 1 is 1.10 bits per heavy atom. The van der Waals surface area contributed by atoms with E-state index in [1.165, 1.54) is 6.26 Å². The fourth-order valence-corrected chi connectivity index (χ4v) is 3.87. The van der Waals surface area contributed by atoms with E-state index in [2.05, 4.69) is 14.3 Å². The molecule has 2 aromatic heterocycles. The summed E-state index contributed by atoms with van der Waals surface area (Å²) in [6, 6.07) is 9.53. The van der Waals surface area contributed by atoms with E-state index in [0.717, 1.165) is 35.4 Å². The minimum absolute atomic E-state index is 0.385. The molecule has 1 aromatic carbocycles. The number of ether oxygens (including phenoxy) is 2. The van der Waals surface area contributed by atoms with Crippen molar-refractivity contribution in [3.63, 3.8) is 0 Å². The van der Waals surface area contributed by atoms with Crippen molar-refractivity contribution in [1.82, 2.24) is 19.3 Å². The van der Waals surface area contributed by atoms with Crippen molar-refractivity contribution in [2.45, 2.75) is 46.8 Å². The van der Waals surface area contributed by atoms with Gasteiger partial charge in [-0.15, -0.1) is 0 Å². The van der Waals surface area contributed by atoms with Crippen molar-refractivity contribution in [1.29, 1.82) is 0 Å². The maximum absolute atomic E-state index is 11.3. The van der Waals surface area contributed by atoms with Crippen molar-refractivity contribution >= 4 is 21.1 Å². The van der Waals surface area contributed by atoms with Crippen LogP contribution < -0.4 is 9.46 Å². The molecule has 0 fully saturated rings. The molecule has 0 atom stereocenters. The van der Waals surface area contributed by atoms with Crippen LogP contribution in [0, 0.1) is 13.8 Å². The molecule has 0 spiro atoms. The fourth-order valence-electron chi connectivity index (χ4n) is 3.36. The summed E-state index contributed by atoms with van der Waals surface area (Å²) in [6.45, 7) is 8.02. The summed E-state index contributed by atoms with van der Waals surface area (Å²) in [5.74, 6) is 1.98. The second-order valence-electron chi connectivity index (χ2n) is 7.43. The van der Waals surface area contributed by atoms with Crippen LogP contribution in [0.3, 0.4) is 0 Å². The summed E-state index contributed by atoms with van der Waals surface area (Å²) in [7, 11) is -3.17. The predicted octanol–water partition coefficient (Wildman–Crippen LogP) is 3.71. The number of sulfonamides is 1. The number of nitrogens with zero attached hydrogens (tertiary/aromatic N) is 3. The average Bonchev–Trinajstić information content (AvgIpc) is 3.09. The van der Waals surface area contributed by atoms with E-state index < -0.39 is 10.0 Å². The maximum Gasteiger partial charge on any atom is 0.247 e. The maximum atomic E-state index is 11.3. The monoisotopic (exact) mass is 446 g/mol. The zero-order valence-electron chi connectivity index (χ0n) is 18.5. The lowest BCUT2D eigenvalue weighted by atomic mass is 10.2. The van der Waals surface area contributed by atoms with Gasteiger partial charge in [0.2, 0.25) is 15.9 Å². The van der Waals surface area contributed by atoms with Gasteiger partial charge in [0, 0.05) is 25.4 Å². The van der Waals surface area contributed by atoms with Gasteiger partial charge in [-0.3, -0.25) is 0 Å². The summed E-state index contributed by atoms with van der Waals surface area (Å²) in [5.41, 5.74) is 3.60. The highest BCUT2D eigenvalue weighted by Crippen LogP contribution is 2.32. The van der Waals surface area contributed by atoms with Gasteiger partial charge in [-0.2, -0.15) is 0 Å². The first kappa shape index (κ1) is 23.2. The molecule has 0 aliphatic heterocycles. The van der Waals surface area contributed by atoms with Crippen LogP contribution in [0.4, 0.5) is 0 Å². The van der Waals surface area contributed by atoms with E-state index in [1.807, 2.05) is 51.1 Å². The molecule has 0 saturated heterocycles. The SMILES string of the molecule is CCOCc1nc2c(Oc3ccccc3)nc(C)c(C)c2n1CCCCNS(C)(=O)=O. The Morgan fingerprint density at radius 3 is 2.52 bits per heavy atom. The van der Waals surface area contributed by atoms with E-state index in [-0.39, 0.29) is 0 Å². The van der Waals surface area contributed by atoms with Gasteiger partial charge in [0.1, 0.15) is 18.2 Å². The molecule has 0 bridgehead atoms. The molecular weight excluding hydrogens is 416 g/mol. The zero-order chi connectivity index (χ0) is 22.4. The smallest absolute Gasteiger partial charge is 0.247 e. The Morgan fingerprint density at radius 2 is 1.84 bits per heavy atom. The molecule has 0 aliphatic carbocycles. The lowest BCUT2D eigenvalue weighted by Crippen LogP contribution is -2.23. The molecule has 0 unspecified atom stereocenters. The molecule has 8 nitrogen and oxygen atoms in total. The number of fused-ring (bicyclic) bond motifs is 1. The van der Waals surface area contributed by atoms with E-state index in [9.17, 15) is 8.42 Å². The second kappa shape index (κ2) is 10.2. The Kier molecular flexibility index (Phi) is 7.64. The molecule has 0 aliphatic rings. The number of nitrogens with one attached hydrogen (secondary N) is 1. The summed E-state index contributed by atoms with van der Waals surface area (Å²) in [4.78, 5) is 9.48. The number of aromatic nitrogens is 3. The minimum atomic E-state index is -3.17. The fraction of sp³-hybridized carbons (Fsp3) is 0.455. The molecule has 0 radical (unpaired) electrons. The number of unbranched alkanes of at least 4 members (excludes halogenated alkanes) is 1. The minimum Gasteiger partial charge on any atom is -0.437 e. The highest BCUT2D eigenvalue weighted by atomic mass is 32.2. The van der Waals surface area contributed by atoms with Crippen LogP contribution >= 0.6 is 0 Å². The first-order valence-corrected chi connectivity index (χ1v) is 12.3. The van der Waals surface area contributed by atoms with Crippen molar-refractivity contribution in [2.24, 2.45) is 0 Å². The van der Waals surface area contributed by atoms with Gasteiger partial charge in [-0.05, 0) is 51.3 Å². The predicted molar refractivity (Wildman–Crippen MR) is 121 cm³/mol. The van der Waals surface area contributed by atoms with Gasteiger partial charge in [0.25, 0.3) is 0 Å². The number of benzene rings is 1. The van der Waals surface area contributed by atoms with Gasteiger partial charge >= 0.3 is 0 Å². The van der Waals surface area contributed by atoms with E-state index >= 15 is 0 Å². The third-order valence-corrected chi connectivity index (χ3v) is 5.71. The standard InChI is InChI=1S/C22H30N4O4S/c1-5-29-15-19-25-20-21(26(19)14-10-9-13-23-31(4,27)28)16(2)17(3)24-22(20)30-18-11-7-6-8-12-18/h6-8,11-12,23H,5,9-10,13-15H2,1-4H3. The summed E-state index contributed by atoms with van der Waals surface area (Å²) in [6.07, 6.45) is 2.68. The highest BCUT2D eigenvalue weighted by molar-refractivity contribution is 7.88. The number of imidazole rings is 1. The van der Waals surface area contributed by atoms with Gasteiger partial charge in [0.05, 0.1) is 11.8 Å². The number of aryl methyl sites for hydroxylation is 3. The van der Waals surface area contributed by atoms with Crippen molar-refractivity contribution in [3.8, 4) is 11.6 Å². The summed E-state index contributed by atoms with van der Waals surface area (Å²) < 4.78 is 39.0. The van der Waals surface area contributed by atoms with E-state index in [1.54, 1.807) is 0 Å². The molecule has 168 valence electrons. The molecule has 2 heterocycles. The molecule has 0 amide bonds. The second-order valence-corrected chi connectivity index (χ2v) is 9.26. The zero-order valence-corrected chi connectivity index (χ0v) is 19.3. The van der Waals surface area contributed by atoms with Gasteiger partial charge in [-0.25, -0.2) is 23.1 Å². The Hall–Kier alpha value is -2.49. The summed E-state index contributed by atoms with van der Waals surface area (Å²) in [5, 5.41) is 0. The first-order valence-electron chi connectivity index (χ1n) is 10.4. The average molecular weight is 447 g/mol. The van der Waals surface area contributed by atoms with Crippen molar-refractivity contribution < 1.29 is 17.9 Å². The molecule has 0 saturated carbocycles. The molecule has 3 rings (SSSR count). The van der Waals surface area contributed by atoms with Crippen molar-refractivity contribution in [2.75, 3.05) is 19.4 Å². The number of hydrogen-bond acceptors (Lipinski definition) is 6. The number of rotatable bonds is 11. The number of hydrogen-bond donors (Lipinski definition) is 1. The Labute approximate surface area is 183 Å². The Balaban J connectivity index is 1.94. The van der Waals surface area contributed by atoms with E-state index in [0.29, 0.717) is 43.4 Å². The third-order valence-electron chi connectivity index (χ3n) is 4.98. The quantitative estimate of drug-likeness (QED) is 0.451. The third kappa shape index (κ3) is 6.03. The van der Waals surface area contributed by atoms with Gasteiger partial charge in [-0.1, -0.05) is 18.2 Å². The lowest BCUT2D eigenvalue weighted by molar-refractivity contribution is 0.126. The molecule has 31 heavy (non-hydrogen) atoms. The topological polar surface area (TPSA) is 95.3 Å². The summed E-state index contributed by atoms with van der Waals surface area (Å²) >= 11 is 0. The molecule has 3 aromatic rings. The molecule has 9 heteroatoms. The highest BCUT2D eigenvalue weighted by Gasteiger charge is 2.20. The van der Waals surface area contributed by atoms with Crippen LogP contribution in [0.1, 0.15) is 36.8 Å². The number of para-hydroxylation sites is 1. The van der Waals surface area contributed by atoms with Crippen molar-refractivity contribution in [3.05, 3.63) is 47.4 Å². The Bertz CT molecular complexity index is 1130. The largest absolute Gasteiger partial charge is 0.437 e. The van der Waals surface area contributed by atoms with Crippen LogP contribution in [0.25, 0.3) is 11.0 Å². The first-order chi connectivity index (χ1) is 14.8. The van der Waals surface area contributed by atoms with Crippen LogP contribution in [0.2, 0.25) is 0 Å². The number of pyridine rings is 1. The van der Waals surface area contributed by atoms with Gasteiger partial charge < -0.3 is 14.0 Å². The van der Waals surface area contributed by atoms with Crippen LogP contribution in [0.15, 0.2) is 30.3 Å². The van der Waals surface area contributed by atoms with Crippen LogP contribution in [-0.4, -0.2) is 42.4 Å². The van der Waals surface area contributed by atoms with Crippen LogP contribution in [-0.2, 0) is 27.9 Å². The van der Waals surface area contributed by atoms with Crippen LogP contribution in [0.5, 0.6) is 11.6 Å². The van der Waals surface area contributed by atoms with E-state index in [4.69, 9.17) is 14.5 Å². The normalized spacial score (nSPS) is 11.9. The van der Waals surface area contributed by atoms with Gasteiger partial charge in [0.15, 0.2) is 5.52 Å². The molecule has 1 N–H and O–H groups in total. The lowest BCUT2D eigenvalue weighted by Gasteiger charge is -2.13. The molecular formula is C22H30N4O4S.